The van der Waals surface area contributed by atoms with Gasteiger partial charge in [0.15, 0.2) is 0 Å². The molecule has 0 aliphatic rings. The molecule has 2 N–H and O–H groups in total. The lowest BCUT2D eigenvalue weighted by molar-refractivity contribution is -0.136. The average Bonchev–Trinajstić information content (AvgIpc) is 3.21. The van der Waals surface area contributed by atoms with Crippen LogP contribution in [0.15, 0.2) is 72.8 Å². The van der Waals surface area contributed by atoms with E-state index in [2.05, 4.69) is 15.6 Å². The van der Waals surface area contributed by atoms with E-state index in [0.29, 0.717) is 11.1 Å². The van der Waals surface area contributed by atoms with E-state index in [0.717, 1.165) is 28.4 Å². The largest absolute Gasteiger partial charge is 0.418 e. The van der Waals surface area contributed by atoms with E-state index in [1.807, 2.05) is 24.3 Å². The first kappa shape index (κ1) is 23.1. The number of fused-ring (bicyclic) bond motifs is 1. The Kier molecular flexibility index (Phi) is 6.42. The summed E-state index contributed by atoms with van der Waals surface area (Å²) in [5.74, 6) is -2.49. The molecule has 5 nitrogen and oxygen atoms in total. The van der Waals surface area contributed by atoms with E-state index in [-0.39, 0.29) is 11.3 Å². The molecule has 0 radical (unpaired) electrons. The first-order valence-electron chi connectivity index (χ1n) is 9.82. The third-order valence-corrected chi connectivity index (χ3v) is 5.65. The Morgan fingerprint density at radius 2 is 1.68 bits per heavy atom. The van der Waals surface area contributed by atoms with Crippen LogP contribution in [-0.2, 0) is 11.0 Å². The second kappa shape index (κ2) is 9.44. The van der Waals surface area contributed by atoms with Crippen molar-refractivity contribution < 1.29 is 27.2 Å². The van der Waals surface area contributed by atoms with Gasteiger partial charge in [0.2, 0.25) is 5.91 Å². The van der Waals surface area contributed by atoms with Crippen LogP contribution in [-0.4, -0.2) is 16.8 Å². The second-order valence-corrected chi connectivity index (χ2v) is 8.10. The number of para-hydroxylation sites is 1. The minimum atomic E-state index is -4.82. The van der Waals surface area contributed by atoms with Crippen molar-refractivity contribution in [3.8, 4) is 0 Å². The molecule has 3 aromatic carbocycles. The minimum absolute atomic E-state index is 0.205. The summed E-state index contributed by atoms with van der Waals surface area (Å²) < 4.78 is 55.6. The van der Waals surface area contributed by atoms with Gasteiger partial charge in [0.05, 0.1) is 27.0 Å². The van der Waals surface area contributed by atoms with Crippen LogP contribution in [0.4, 0.5) is 28.9 Å². The zero-order chi connectivity index (χ0) is 24.3. The van der Waals surface area contributed by atoms with Crippen molar-refractivity contribution in [3.05, 3.63) is 94.8 Å². The van der Waals surface area contributed by atoms with Crippen molar-refractivity contribution >= 4 is 50.8 Å². The summed E-state index contributed by atoms with van der Waals surface area (Å²) in [5.41, 5.74) is -1.42. The van der Waals surface area contributed by atoms with Crippen LogP contribution in [0.1, 0.15) is 20.9 Å². The molecule has 0 unspecified atom stereocenters. The van der Waals surface area contributed by atoms with Gasteiger partial charge in [-0.25, -0.2) is 9.37 Å². The Labute approximate surface area is 194 Å². The van der Waals surface area contributed by atoms with Gasteiger partial charge in [-0.1, -0.05) is 24.3 Å². The van der Waals surface area contributed by atoms with E-state index in [4.69, 9.17) is 0 Å². The zero-order valence-corrected chi connectivity index (χ0v) is 18.0. The summed E-state index contributed by atoms with van der Waals surface area (Å²) in [5, 5.41) is 4.97. The fraction of sp³-hybridized carbons (Fsp3) is 0.0417. The normalized spacial score (nSPS) is 11.6. The Morgan fingerprint density at radius 1 is 0.941 bits per heavy atom. The molecule has 0 fully saturated rings. The van der Waals surface area contributed by atoms with Crippen molar-refractivity contribution in [1.82, 2.24) is 4.98 Å². The number of benzene rings is 3. The predicted molar refractivity (Wildman–Crippen MR) is 123 cm³/mol. The maximum Gasteiger partial charge on any atom is 0.418 e. The van der Waals surface area contributed by atoms with Crippen LogP contribution in [0.25, 0.3) is 16.3 Å². The summed E-state index contributed by atoms with van der Waals surface area (Å²) in [6.45, 7) is 0. The number of carbonyl (C=O) groups is 2. The van der Waals surface area contributed by atoms with Gasteiger partial charge in [-0.3, -0.25) is 9.59 Å². The lowest BCUT2D eigenvalue weighted by atomic mass is 10.1. The van der Waals surface area contributed by atoms with Gasteiger partial charge in [-0.2, -0.15) is 13.2 Å². The fourth-order valence-electron chi connectivity index (χ4n) is 3.09. The first-order chi connectivity index (χ1) is 16.2. The molecule has 0 bridgehead atoms. The zero-order valence-electron chi connectivity index (χ0n) is 17.2. The Bertz CT molecular complexity index is 1380. The molecule has 0 saturated heterocycles. The number of rotatable bonds is 5. The smallest absolute Gasteiger partial charge is 0.322 e. The van der Waals surface area contributed by atoms with Gasteiger partial charge < -0.3 is 10.6 Å². The van der Waals surface area contributed by atoms with Gasteiger partial charge >= 0.3 is 6.18 Å². The molecule has 0 spiro atoms. The lowest BCUT2D eigenvalue weighted by Gasteiger charge is -2.15. The molecule has 4 rings (SSSR count). The number of amides is 2. The van der Waals surface area contributed by atoms with Gasteiger partial charge in [-0.15, -0.1) is 11.3 Å². The number of carbonyl (C=O) groups excluding carboxylic acids is 2. The quantitative estimate of drug-likeness (QED) is 0.255. The highest BCUT2D eigenvalue weighted by atomic mass is 32.1. The number of aromatic nitrogens is 1. The van der Waals surface area contributed by atoms with E-state index in [1.54, 1.807) is 0 Å². The fourth-order valence-corrected chi connectivity index (χ4v) is 3.96. The van der Waals surface area contributed by atoms with Crippen LogP contribution in [0.2, 0.25) is 0 Å². The summed E-state index contributed by atoms with van der Waals surface area (Å²) in [6, 6.07) is 15.3. The summed E-state index contributed by atoms with van der Waals surface area (Å²) in [6.07, 6.45) is -2.32. The summed E-state index contributed by atoms with van der Waals surface area (Å²) in [7, 11) is 0. The standard InChI is InChI=1S/C24H15F4N3O2S/c25-17-6-2-1-5-15(17)23(33)29-14-9-10-18(16(13-14)24(26,27)28)30-21(32)11-12-22-31-19-7-3-4-8-20(19)34-22/h1-13H,(H,29,33)(H,30,32)/b12-11+. The highest BCUT2D eigenvalue weighted by Gasteiger charge is 2.34. The van der Waals surface area contributed by atoms with Crippen LogP contribution in [0.5, 0.6) is 0 Å². The molecule has 1 heterocycles. The van der Waals surface area contributed by atoms with Crippen LogP contribution in [0.3, 0.4) is 0 Å². The van der Waals surface area contributed by atoms with E-state index in [1.165, 1.54) is 41.7 Å². The Hall–Kier alpha value is -4.05. The van der Waals surface area contributed by atoms with Gasteiger partial charge in [0.25, 0.3) is 5.91 Å². The number of hydrogen-bond donors (Lipinski definition) is 2. The SMILES string of the molecule is O=C(/C=C/c1nc2ccccc2s1)Nc1ccc(NC(=O)c2ccccc2F)cc1C(F)(F)F. The molecule has 34 heavy (non-hydrogen) atoms. The highest BCUT2D eigenvalue weighted by Crippen LogP contribution is 2.37. The number of anilines is 2. The van der Waals surface area contributed by atoms with Gasteiger partial charge in [-0.05, 0) is 48.5 Å². The highest BCUT2D eigenvalue weighted by molar-refractivity contribution is 7.19. The maximum absolute atomic E-state index is 13.8. The topological polar surface area (TPSA) is 71.1 Å². The van der Waals surface area contributed by atoms with Crippen molar-refractivity contribution in [2.75, 3.05) is 10.6 Å². The number of hydrogen-bond acceptors (Lipinski definition) is 4. The van der Waals surface area contributed by atoms with E-state index in [9.17, 15) is 27.2 Å². The number of halogens is 4. The molecule has 172 valence electrons. The third-order valence-electron chi connectivity index (χ3n) is 4.65. The van der Waals surface area contributed by atoms with Crippen molar-refractivity contribution in [1.29, 1.82) is 0 Å². The van der Waals surface area contributed by atoms with Gasteiger partial charge in [0.1, 0.15) is 10.8 Å². The predicted octanol–water partition coefficient (Wildman–Crippen LogP) is 6.36. The molecule has 4 aromatic rings. The number of thiazole rings is 1. The van der Waals surface area contributed by atoms with Crippen molar-refractivity contribution in [2.45, 2.75) is 6.18 Å². The molecular formula is C24H15F4N3O2S. The Balaban J connectivity index is 1.52. The molecule has 2 amide bonds. The monoisotopic (exact) mass is 485 g/mol. The minimum Gasteiger partial charge on any atom is -0.322 e. The number of nitrogens with zero attached hydrogens (tertiary/aromatic N) is 1. The van der Waals surface area contributed by atoms with Crippen LogP contribution < -0.4 is 10.6 Å². The number of nitrogens with one attached hydrogen (secondary N) is 2. The molecule has 1 aromatic heterocycles. The number of alkyl halides is 3. The molecule has 0 aliphatic heterocycles. The van der Waals surface area contributed by atoms with Crippen molar-refractivity contribution in [2.24, 2.45) is 0 Å². The van der Waals surface area contributed by atoms with Crippen LogP contribution in [0, 0.1) is 5.82 Å². The molecule has 0 aliphatic carbocycles. The first-order valence-corrected chi connectivity index (χ1v) is 10.6. The lowest BCUT2D eigenvalue weighted by Crippen LogP contribution is -2.17. The second-order valence-electron chi connectivity index (χ2n) is 7.03. The third kappa shape index (κ3) is 5.29. The molecule has 0 saturated carbocycles. The Morgan fingerprint density at radius 3 is 2.41 bits per heavy atom. The molecule has 0 atom stereocenters. The maximum atomic E-state index is 13.8. The van der Waals surface area contributed by atoms with E-state index >= 15 is 0 Å². The van der Waals surface area contributed by atoms with Crippen LogP contribution >= 0.6 is 11.3 Å². The van der Waals surface area contributed by atoms with Gasteiger partial charge in [0, 0.05) is 11.8 Å². The van der Waals surface area contributed by atoms with Crippen molar-refractivity contribution in [3.63, 3.8) is 0 Å². The summed E-state index contributed by atoms with van der Waals surface area (Å²) >= 11 is 1.33. The average molecular weight is 485 g/mol. The van der Waals surface area contributed by atoms with E-state index < -0.39 is 35.1 Å². The summed E-state index contributed by atoms with van der Waals surface area (Å²) in [4.78, 5) is 28.8. The molecular weight excluding hydrogens is 470 g/mol. The molecule has 10 heteroatoms.